The third kappa shape index (κ3) is 4.74. The molecule has 1 atom stereocenters. The Balaban J connectivity index is 2.42. The Morgan fingerprint density at radius 1 is 1.53 bits per heavy atom. The van der Waals surface area contributed by atoms with Gasteiger partial charge >= 0.3 is 5.97 Å². The summed E-state index contributed by atoms with van der Waals surface area (Å²) >= 11 is 3.05. The quantitative estimate of drug-likeness (QED) is 0.539. The minimum Gasteiger partial charge on any atom is -0.480 e. The van der Waals surface area contributed by atoms with Crippen LogP contribution in [0.4, 0.5) is 0 Å². The highest BCUT2D eigenvalue weighted by molar-refractivity contribution is 8.00. The normalized spacial score (nSPS) is 14.3. The van der Waals surface area contributed by atoms with Gasteiger partial charge in [0.1, 0.15) is 11.4 Å². The molecule has 1 aromatic rings. The predicted molar refractivity (Wildman–Crippen MR) is 78.9 cm³/mol. The Hall–Kier alpha value is -0.660. The lowest BCUT2D eigenvalue weighted by Gasteiger charge is -2.29. The maximum absolute atomic E-state index is 11.4. The first kappa shape index (κ1) is 16.4. The molecule has 0 aliphatic rings. The maximum Gasteiger partial charge on any atom is 0.323 e. The van der Waals surface area contributed by atoms with Crippen LogP contribution in [0.25, 0.3) is 0 Å². The average molecular weight is 303 g/mol. The van der Waals surface area contributed by atoms with Gasteiger partial charge in [0.05, 0.1) is 0 Å². The number of aromatic nitrogens is 2. The second-order valence-electron chi connectivity index (χ2n) is 4.33. The number of rotatable bonds is 9. The summed E-state index contributed by atoms with van der Waals surface area (Å²) in [4.78, 5) is 15.7. The van der Waals surface area contributed by atoms with Crippen LogP contribution in [-0.2, 0) is 4.79 Å². The van der Waals surface area contributed by atoms with Crippen LogP contribution in [0.5, 0.6) is 0 Å². The summed E-state index contributed by atoms with van der Waals surface area (Å²) in [5, 5.41) is 12.5. The third-order valence-electron chi connectivity index (χ3n) is 3.01. The van der Waals surface area contributed by atoms with Gasteiger partial charge in [0, 0.05) is 5.75 Å². The van der Waals surface area contributed by atoms with Crippen molar-refractivity contribution in [3.8, 4) is 0 Å². The average Bonchev–Trinajstić information content (AvgIpc) is 2.78. The number of likely N-dealkylation sites (N-methyl/N-ethyl adjacent to an activating group) is 1. The minimum absolute atomic E-state index is 0.596. The van der Waals surface area contributed by atoms with Gasteiger partial charge in [-0.25, -0.2) is 4.98 Å². The standard InChI is InChI=1S/C12H21N3O2S2/c1-4-12(10(16)17,13-5-2)7-6-8-18-11-14-9(3)15-19-11/h13H,4-8H2,1-3H3,(H,16,17). The van der Waals surface area contributed by atoms with E-state index >= 15 is 0 Å². The number of thioether (sulfide) groups is 1. The Kier molecular flexibility index (Phi) is 6.74. The summed E-state index contributed by atoms with van der Waals surface area (Å²) in [7, 11) is 0. The molecule has 1 unspecified atom stereocenters. The van der Waals surface area contributed by atoms with Crippen molar-refractivity contribution < 1.29 is 9.90 Å². The van der Waals surface area contributed by atoms with Crippen LogP contribution in [0.1, 0.15) is 38.9 Å². The molecule has 0 bridgehead atoms. The van der Waals surface area contributed by atoms with Crippen molar-refractivity contribution in [3.63, 3.8) is 0 Å². The van der Waals surface area contributed by atoms with Gasteiger partial charge in [-0.1, -0.05) is 25.6 Å². The van der Waals surface area contributed by atoms with Crippen molar-refractivity contribution in [1.29, 1.82) is 0 Å². The van der Waals surface area contributed by atoms with Gasteiger partial charge in [-0.2, -0.15) is 4.37 Å². The maximum atomic E-state index is 11.4. The molecule has 0 saturated carbocycles. The van der Waals surface area contributed by atoms with Crippen molar-refractivity contribution in [1.82, 2.24) is 14.7 Å². The lowest BCUT2D eigenvalue weighted by atomic mass is 9.91. The van der Waals surface area contributed by atoms with Crippen molar-refractivity contribution in [2.75, 3.05) is 12.3 Å². The first-order chi connectivity index (χ1) is 9.04. The first-order valence-corrected chi connectivity index (χ1v) is 8.21. The molecule has 1 aromatic heterocycles. The molecule has 0 saturated heterocycles. The lowest BCUT2D eigenvalue weighted by Crippen LogP contribution is -2.51. The zero-order valence-corrected chi connectivity index (χ0v) is 13.2. The largest absolute Gasteiger partial charge is 0.480 e. The molecule has 0 radical (unpaired) electrons. The minimum atomic E-state index is -0.785. The van der Waals surface area contributed by atoms with Crippen LogP contribution in [0.15, 0.2) is 4.34 Å². The Bertz CT molecular complexity index is 411. The SMILES string of the molecule is CCNC(CC)(CCCSc1nc(C)ns1)C(=O)O. The number of hydrogen-bond donors (Lipinski definition) is 2. The van der Waals surface area contributed by atoms with Crippen LogP contribution < -0.4 is 5.32 Å². The number of carboxylic acids is 1. The Labute approximate surface area is 122 Å². The molecule has 0 fully saturated rings. The van der Waals surface area contributed by atoms with Crippen LogP contribution >= 0.6 is 23.3 Å². The van der Waals surface area contributed by atoms with E-state index in [1.807, 2.05) is 20.8 Å². The summed E-state index contributed by atoms with van der Waals surface area (Å²) in [5.74, 6) is 0.914. The Morgan fingerprint density at radius 2 is 2.26 bits per heavy atom. The summed E-state index contributed by atoms with van der Waals surface area (Å²) in [6.07, 6.45) is 2.08. The van der Waals surface area contributed by atoms with Crippen molar-refractivity contribution in [3.05, 3.63) is 5.82 Å². The van der Waals surface area contributed by atoms with E-state index in [9.17, 15) is 9.90 Å². The van der Waals surface area contributed by atoms with Gasteiger partial charge in [0.15, 0.2) is 4.34 Å². The topological polar surface area (TPSA) is 75.1 Å². The molecule has 7 heteroatoms. The van der Waals surface area contributed by atoms with Crippen molar-refractivity contribution >= 4 is 29.3 Å². The second kappa shape index (κ2) is 7.81. The van der Waals surface area contributed by atoms with Gasteiger partial charge in [-0.05, 0) is 44.3 Å². The van der Waals surface area contributed by atoms with Crippen molar-refractivity contribution in [2.45, 2.75) is 49.9 Å². The summed E-state index contributed by atoms with van der Waals surface area (Å²) in [6, 6.07) is 0. The predicted octanol–water partition coefficient (Wildman–Crippen LogP) is 2.56. The van der Waals surface area contributed by atoms with E-state index in [2.05, 4.69) is 14.7 Å². The summed E-state index contributed by atoms with van der Waals surface area (Å²) in [5.41, 5.74) is -0.785. The third-order valence-corrected chi connectivity index (χ3v) is 5.02. The smallest absolute Gasteiger partial charge is 0.323 e. The number of hydrogen-bond acceptors (Lipinski definition) is 6. The number of aliphatic carboxylic acids is 1. The highest BCUT2D eigenvalue weighted by Gasteiger charge is 2.34. The highest BCUT2D eigenvalue weighted by Crippen LogP contribution is 2.24. The fourth-order valence-corrected chi connectivity index (χ4v) is 3.59. The highest BCUT2D eigenvalue weighted by atomic mass is 32.2. The number of nitrogens with one attached hydrogen (secondary N) is 1. The molecule has 0 aliphatic heterocycles. The van der Waals surface area contributed by atoms with Gasteiger partial charge in [-0.3, -0.25) is 4.79 Å². The molecule has 5 nitrogen and oxygen atoms in total. The first-order valence-electron chi connectivity index (χ1n) is 6.45. The van der Waals surface area contributed by atoms with E-state index in [0.29, 0.717) is 19.4 Å². The molecule has 2 N–H and O–H groups in total. The fourth-order valence-electron chi connectivity index (χ4n) is 1.93. The molecular weight excluding hydrogens is 282 g/mol. The monoisotopic (exact) mass is 303 g/mol. The summed E-state index contributed by atoms with van der Waals surface area (Å²) in [6.45, 7) is 6.39. The second-order valence-corrected chi connectivity index (χ2v) is 6.42. The molecule has 0 amide bonds. The van der Waals surface area contributed by atoms with Gasteiger partial charge in [0.2, 0.25) is 0 Å². The van der Waals surface area contributed by atoms with Crippen LogP contribution in [-0.4, -0.2) is 38.3 Å². The zero-order valence-electron chi connectivity index (χ0n) is 11.6. The number of carbonyl (C=O) groups is 1. The van der Waals surface area contributed by atoms with Gasteiger partial charge in [-0.15, -0.1) is 0 Å². The lowest BCUT2D eigenvalue weighted by molar-refractivity contribution is -0.145. The molecule has 108 valence electrons. The van der Waals surface area contributed by atoms with E-state index < -0.39 is 11.5 Å². The van der Waals surface area contributed by atoms with E-state index in [4.69, 9.17) is 0 Å². The molecular formula is C12H21N3O2S2. The molecule has 0 aromatic carbocycles. The fraction of sp³-hybridized carbons (Fsp3) is 0.750. The van der Waals surface area contributed by atoms with Crippen LogP contribution in [0, 0.1) is 6.92 Å². The van der Waals surface area contributed by atoms with E-state index in [1.54, 1.807) is 11.8 Å². The van der Waals surface area contributed by atoms with Crippen LogP contribution in [0.3, 0.4) is 0 Å². The van der Waals surface area contributed by atoms with E-state index in [-0.39, 0.29) is 0 Å². The zero-order chi connectivity index (χ0) is 14.3. The molecule has 0 aliphatic carbocycles. The summed E-state index contributed by atoms with van der Waals surface area (Å²) < 4.78 is 5.08. The van der Waals surface area contributed by atoms with Gasteiger partial charge < -0.3 is 10.4 Å². The molecule has 1 rings (SSSR count). The molecule has 0 spiro atoms. The molecule has 1 heterocycles. The Morgan fingerprint density at radius 3 is 2.74 bits per heavy atom. The van der Waals surface area contributed by atoms with E-state index in [0.717, 1.165) is 22.3 Å². The number of nitrogens with zero attached hydrogens (tertiary/aromatic N) is 2. The van der Waals surface area contributed by atoms with Crippen LogP contribution in [0.2, 0.25) is 0 Å². The molecule has 19 heavy (non-hydrogen) atoms. The van der Waals surface area contributed by atoms with Crippen molar-refractivity contribution in [2.24, 2.45) is 0 Å². The van der Waals surface area contributed by atoms with Gasteiger partial charge in [0.25, 0.3) is 0 Å². The van der Waals surface area contributed by atoms with E-state index in [1.165, 1.54) is 11.5 Å². The number of aryl methyl sites for hydroxylation is 1. The number of carboxylic acid groups (broad SMARTS) is 1.